The molecule has 172 valence electrons. The van der Waals surface area contributed by atoms with E-state index in [2.05, 4.69) is 5.32 Å². The molecule has 0 spiro atoms. The number of alkyl halides is 3. The van der Waals surface area contributed by atoms with Crippen LogP contribution >= 0.6 is 0 Å². The number of carbonyl (C=O) groups excluding carboxylic acids is 4. The predicted molar refractivity (Wildman–Crippen MR) is 105 cm³/mol. The second-order valence-electron chi connectivity index (χ2n) is 8.38. The van der Waals surface area contributed by atoms with Crippen molar-refractivity contribution in [2.75, 3.05) is 13.1 Å². The van der Waals surface area contributed by atoms with E-state index in [0.29, 0.717) is 18.4 Å². The molecule has 3 aliphatic heterocycles. The molecule has 8 nitrogen and oxygen atoms in total. The Hall–Kier alpha value is -2.79. The van der Waals surface area contributed by atoms with Crippen LogP contribution in [-0.4, -0.2) is 64.8 Å². The minimum Gasteiger partial charge on any atom is -0.330 e. The molecule has 0 radical (unpaired) electrons. The van der Waals surface area contributed by atoms with Gasteiger partial charge in [-0.15, -0.1) is 0 Å². The number of carbonyl (C=O) groups is 4. The monoisotopic (exact) mass is 452 g/mol. The van der Waals surface area contributed by atoms with Gasteiger partial charge in [0.1, 0.15) is 12.1 Å². The molecule has 32 heavy (non-hydrogen) atoms. The lowest BCUT2D eigenvalue weighted by Crippen LogP contribution is -2.55. The van der Waals surface area contributed by atoms with Crippen LogP contribution in [0.25, 0.3) is 0 Å². The minimum absolute atomic E-state index is 0.00587. The van der Waals surface area contributed by atoms with Gasteiger partial charge in [-0.05, 0) is 49.9 Å². The van der Waals surface area contributed by atoms with Crippen molar-refractivity contribution in [3.05, 3.63) is 34.9 Å². The molecular weight excluding hydrogens is 429 g/mol. The summed E-state index contributed by atoms with van der Waals surface area (Å²) >= 11 is 0. The van der Waals surface area contributed by atoms with Gasteiger partial charge in [-0.1, -0.05) is 12.1 Å². The number of hydrogen-bond acceptors (Lipinski definition) is 6. The van der Waals surface area contributed by atoms with E-state index in [0.717, 1.165) is 4.90 Å². The molecule has 2 fully saturated rings. The number of nitrogens with two attached hydrogens (primary N) is 1. The Bertz CT molecular complexity index is 980. The van der Waals surface area contributed by atoms with Gasteiger partial charge in [-0.3, -0.25) is 34.3 Å². The third-order valence-corrected chi connectivity index (χ3v) is 6.43. The maximum atomic E-state index is 13.8. The van der Waals surface area contributed by atoms with E-state index in [4.69, 9.17) is 5.73 Å². The summed E-state index contributed by atoms with van der Waals surface area (Å²) < 4.78 is 41.5. The zero-order valence-corrected chi connectivity index (χ0v) is 17.2. The molecule has 1 aromatic rings. The van der Waals surface area contributed by atoms with Crippen LogP contribution in [0.4, 0.5) is 13.2 Å². The average Bonchev–Trinajstić information content (AvgIpc) is 2.98. The molecule has 1 aromatic carbocycles. The number of benzene rings is 1. The number of imide groups is 2. The largest absolute Gasteiger partial charge is 0.404 e. The van der Waals surface area contributed by atoms with E-state index in [1.54, 1.807) is 0 Å². The molecule has 0 aromatic heterocycles. The number of hydrogen-bond donors (Lipinski definition) is 2. The Morgan fingerprint density at radius 1 is 1.09 bits per heavy atom. The fourth-order valence-electron chi connectivity index (χ4n) is 4.99. The maximum absolute atomic E-state index is 13.8. The zero-order chi connectivity index (χ0) is 23.2. The van der Waals surface area contributed by atoms with Crippen molar-refractivity contribution in [1.29, 1.82) is 0 Å². The summed E-state index contributed by atoms with van der Waals surface area (Å²) in [6, 6.07) is 1.59. The third kappa shape index (κ3) is 3.79. The van der Waals surface area contributed by atoms with Crippen LogP contribution in [0.2, 0.25) is 0 Å². The van der Waals surface area contributed by atoms with Gasteiger partial charge in [-0.2, -0.15) is 13.2 Å². The number of nitrogens with one attached hydrogen (secondary N) is 1. The molecule has 0 bridgehead atoms. The molecule has 4 rings (SSSR count). The number of likely N-dealkylation sites (tertiary alicyclic amines) is 1. The molecule has 3 aliphatic rings. The number of fused-ring (bicyclic) bond motifs is 1. The SMILES string of the molecule is NC[C@@H]1CCCN(Cc2cccc3c2C(=O)N(C2CCC(=O)NC2=O)C3=O)[C@@H]1C(F)(F)F. The molecule has 0 aliphatic carbocycles. The summed E-state index contributed by atoms with van der Waals surface area (Å²) in [6.45, 7) is -0.0936. The smallest absolute Gasteiger partial charge is 0.330 e. The lowest BCUT2D eigenvalue weighted by molar-refractivity contribution is -0.206. The van der Waals surface area contributed by atoms with Crippen molar-refractivity contribution >= 4 is 23.6 Å². The number of piperidine rings is 2. The first-order valence-electron chi connectivity index (χ1n) is 10.5. The molecule has 3 heterocycles. The minimum atomic E-state index is -4.49. The molecule has 3 atom stereocenters. The van der Waals surface area contributed by atoms with Crippen LogP contribution < -0.4 is 11.1 Å². The van der Waals surface area contributed by atoms with Gasteiger partial charge in [-0.25, -0.2) is 0 Å². The molecule has 2 saturated heterocycles. The Labute approximate surface area is 181 Å². The summed E-state index contributed by atoms with van der Waals surface area (Å²) in [5.74, 6) is -3.39. The highest BCUT2D eigenvalue weighted by Crippen LogP contribution is 2.37. The maximum Gasteiger partial charge on any atom is 0.404 e. The van der Waals surface area contributed by atoms with Gasteiger partial charge in [0.15, 0.2) is 0 Å². The van der Waals surface area contributed by atoms with Gasteiger partial charge in [0, 0.05) is 13.0 Å². The van der Waals surface area contributed by atoms with Crippen LogP contribution in [0.1, 0.15) is 52.0 Å². The Morgan fingerprint density at radius 3 is 2.50 bits per heavy atom. The zero-order valence-electron chi connectivity index (χ0n) is 17.2. The highest BCUT2D eigenvalue weighted by Gasteiger charge is 2.50. The fraction of sp³-hybridized carbons (Fsp3) is 0.524. The first-order valence-corrected chi connectivity index (χ1v) is 10.5. The summed E-state index contributed by atoms with van der Waals surface area (Å²) in [4.78, 5) is 51.8. The van der Waals surface area contributed by atoms with Crippen molar-refractivity contribution in [3.8, 4) is 0 Å². The van der Waals surface area contributed by atoms with E-state index < -0.39 is 47.8 Å². The summed E-state index contributed by atoms with van der Waals surface area (Å²) in [6.07, 6.45) is -3.59. The van der Waals surface area contributed by atoms with Gasteiger partial charge in [0.25, 0.3) is 11.8 Å². The van der Waals surface area contributed by atoms with Crippen LogP contribution in [0.5, 0.6) is 0 Å². The van der Waals surface area contributed by atoms with E-state index in [-0.39, 0.29) is 43.6 Å². The lowest BCUT2D eigenvalue weighted by Gasteiger charge is -2.42. The van der Waals surface area contributed by atoms with E-state index in [1.165, 1.54) is 23.1 Å². The topological polar surface area (TPSA) is 113 Å². The number of amides is 4. The number of rotatable bonds is 4. The van der Waals surface area contributed by atoms with Crippen LogP contribution in [-0.2, 0) is 16.1 Å². The Balaban J connectivity index is 1.65. The normalized spacial score (nSPS) is 27.0. The number of halogens is 3. The molecule has 0 saturated carbocycles. The van der Waals surface area contributed by atoms with E-state index in [1.807, 2.05) is 0 Å². The molecular formula is C21H23F3N4O4. The van der Waals surface area contributed by atoms with Crippen molar-refractivity contribution in [3.63, 3.8) is 0 Å². The van der Waals surface area contributed by atoms with Crippen molar-refractivity contribution in [1.82, 2.24) is 15.1 Å². The lowest BCUT2D eigenvalue weighted by atomic mass is 9.88. The molecule has 4 amide bonds. The van der Waals surface area contributed by atoms with E-state index in [9.17, 15) is 32.3 Å². The second kappa shape index (κ2) is 8.28. The van der Waals surface area contributed by atoms with Gasteiger partial charge in [0.05, 0.1) is 11.1 Å². The quantitative estimate of drug-likeness (QED) is 0.664. The third-order valence-electron chi connectivity index (χ3n) is 6.43. The average molecular weight is 452 g/mol. The number of nitrogens with zero attached hydrogens (tertiary/aromatic N) is 2. The summed E-state index contributed by atoms with van der Waals surface area (Å²) in [5, 5.41) is 2.12. The van der Waals surface area contributed by atoms with Gasteiger partial charge >= 0.3 is 6.18 Å². The van der Waals surface area contributed by atoms with Gasteiger partial charge in [0.2, 0.25) is 11.8 Å². The first kappa shape index (κ1) is 22.4. The highest BCUT2D eigenvalue weighted by atomic mass is 19.4. The molecule has 3 N–H and O–H groups in total. The first-order chi connectivity index (χ1) is 15.1. The predicted octanol–water partition coefficient (Wildman–Crippen LogP) is 1.19. The second-order valence-corrected chi connectivity index (χ2v) is 8.38. The Morgan fingerprint density at radius 2 is 1.84 bits per heavy atom. The Kier molecular flexibility index (Phi) is 5.80. The van der Waals surface area contributed by atoms with Crippen LogP contribution in [0.3, 0.4) is 0 Å². The van der Waals surface area contributed by atoms with Crippen LogP contribution in [0, 0.1) is 5.92 Å². The van der Waals surface area contributed by atoms with Crippen molar-refractivity contribution in [2.45, 2.75) is 50.5 Å². The van der Waals surface area contributed by atoms with Gasteiger partial charge < -0.3 is 5.73 Å². The van der Waals surface area contributed by atoms with Crippen molar-refractivity contribution in [2.24, 2.45) is 11.7 Å². The van der Waals surface area contributed by atoms with E-state index >= 15 is 0 Å². The standard InChI is InChI=1S/C21H23F3N4O4/c22-21(23,24)17-11(9-25)4-2-8-27(17)10-12-3-1-5-13-16(12)20(32)28(19(13)31)14-6-7-15(29)26-18(14)30/h1,3,5,11,14,17H,2,4,6-10,25H2,(H,26,29,30)/t11-,14?,17-/m0/s1. The highest BCUT2D eigenvalue weighted by molar-refractivity contribution is 6.24. The summed E-state index contributed by atoms with van der Waals surface area (Å²) in [5.41, 5.74) is 5.96. The molecule has 1 unspecified atom stereocenters. The van der Waals surface area contributed by atoms with Crippen molar-refractivity contribution < 1.29 is 32.3 Å². The van der Waals surface area contributed by atoms with Crippen LogP contribution in [0.15, 0.2) is 18.2 Å². The summed E-state index contributed by atoms with van der Waals surface area (Å²) in [7, 11) is 0. The molecule has 11 heteroatoms. The fourth-order valence-corrected chi connectivity index (χ4v) is 4.99.